The Labute approximate surface area is 243 Å². The molecule has 15 heteroatoms. The van der Waals surface area contributed by atoms with E-state index >= 15 is 4.39 Å². The molecule has 0 radical (unpaired) electrons. The number of benzene rings is 1. The fraction of sp³-hybridized carbons (Fsp3) is 0.444. The van der Waals surface area contributed by atoms with Gasteiger partial charge < -0.3 is 34.1 Å². The molecular weight excluding hydrogens is 572 g/mol. The fourth-order valence-electron chi connectivity index (χ4n) is 4.56. The molecule has 3 heterocycles. The molecule has 1 fully saturated rings. The van der Waals surface area contributed by atoms with Gasteiger partial charge in [0.25, 0.3) is 0 Å². The number of alkyl halides is 1. The normalized spacial score (nSPS) is 24.2. The molecule has 13 nitrogen and oxygen atoms in total. The van der Waals surface area contributed by atoms with Crippen molar-refractivity contribution in [2.45, 2.75) is 50.9 Å². The number of esters is 1. The van der Waals surface area contributed by atoms with Gasteiger partial charge in [-0.05, 0) is 37.1 Å². The number of aromatic nitrogens is 3. The summed E-state index contributed by atoms with van der Waals surface area (Å²) in [5, 5.41) is 13.9. The van der Waals surface area contributed by atoms with Gasteiger partial charge in [0.05, 0.1) is 31.8 Å². The second kappa shape index (κ2) is 12.2. The Morgan fingerprint density at radius 2 is 2.00 bits per heavy atom. The zero-order valence-corrected chi connectivity index (χ0v) is 24.6. The van der Waals surface area contributed by atoms with Crippen molar-refractivity contribution in [3.8, 4) is 23.8 Å². The number of methoxy groups -OCH3 is 2. The number of fused-ring (bicyclic) bond motifs is 1. The lowest BCUT2D eigenvalue weighted by Crippen LogP contribution is -2.43. The van der Waals surface area contributed by atoms with Crippen molar-refractivity contribution >= 4 is 30.6 Å². The molecule has 0 amide bonds. The standard InChI is InChI=1S/C27H33FN5O8P.H2/c1-7-16-12-33(24-20(16)23(29)30-14-31-24)26-27(4,28)22(34)19(40-26)13-39-42(36,32-21(15(2)3)25(35)38-6)41-18-10-8-17(37-5)9-11-18;/h1,8-12,14-15,19,21-22,26,34H,13H2,2-6H3,(H,32,36)(H2,29,30,31);1H/t19-,21?,22-,26-,27-,42?;/m1./s1. The van der Waals surface area contributed by atoms with E-state index in [-0.39, 0.29) is 24.6 Å². The summed E-state index contributed by atoms with van der Waals surface area (Å²) in [6, 6.07) is 5.03. The Hall–Kier alpha value is -3.73. The number of anilines is 1. The molecule has 2 aromatic heterocycles. The van der Waals surface area contributed by atoms with Crippen molar-refractivity contribution < 1.29 is 43.5 Å². The predicted molar refractivity (Wildman–Crippen MR) is 152 cm³/mol. The van der Waals surface area contributed by atoms with Crippen LogP contribution in [0.15, 0.2) is 36.8 Å². The van der Waals surface area contributed by atoms with Crippen LogP contribution < -0.4 is 20.1 Å². The van der Waals surface area contributed by atoms with E-state index < -0.39 is 50.5 Å². The van der Waals surface area contributed by atoms with E-state index in [1.807, 2.05) is 0 Å². The molecule has 42 heavy (non-hydrogen) atoms. The lowest BCUT2D eigenvalue weighted by molar-refractivity contribution is -0.143. The van der Waals surface area contributed by atoms with Gasteiger partial charge in [-0.2, -0.15) is 5.09 Å². The highest BCUT2D eigenvalue weighted by Crippen LogP contribution is 2.49. The molecule has 1 aliphatic rings. The molecule has 0 bridgehead atoms. The third-order valence-corrected chi connectivity index (χ3v) is 8.41. The summed E-state index contributed by atoms with van der Waals surface area (Å²) in [4.78, 5) is 20.6. The summed E-state index contributed by atoms with van der Waals surface area (Å²) < 4.78 is 58.7. The van der Waals surface area contributed by atoms with Crippen molar-refractivity contribution in [3.63, 3.8) is 0 Å². The number of carbonyl (C=O) groups excluding carboxylic acids is 1. The predicted octanol–water partition coefficient (Wildman–Crippen LogP) is 3.23. The number of aliphatic hydroxyl groups excluding tert-OH is 1. The number of nitrogens with two attached hydrogens (primary N) is 1. The Morgan fingerprint density at radius 1 is 1.33 bits per heavy atom. The molecule has 0 spiro atoms. The summed E-state index contributed by atoms with van der Waals surface area (Å²) in [5.74, 6) is 2.12. The smallest absolute Gasteiger partial charge is 0.459 e. The average molecular weight is 608 g/mol. The highest BCUT2D eigenvalue weighted by Gasteiger charge is 2.56. The lowest BCUT2D eigenvalue weighted by Gasteiger charge is -2.27. The highest BCUT2D eigenvalue weighted by molar-refractivity contribution is 7.52. The van der Waals surface area contributed by atoms with Crippen LogP contribution in [-0.2, 0) is 23.4 Å². The van der Waals surface area contributed by atoms with Gasteiger partial charge in [-0.25, -0.2) is 18.9 Å². The van der Waals surface area contributed by atoms with Crippen molar-refractivity contribution in [1.82, 2.24) is 19.6 Å². The first-order valence-electron chi connectivity index (χ1n) is 12.9. The number of terminal acetylenes is 1. The largest absolute Gasteiger partial charge is 0.497 e. The summed E-state index contributed by atoms with van der Waals surface area (Å²) in [6.07, 6.45) is 3.74. The number of nitrogens with zero attached hydrogens (tertiary/aromatic N) is 3. The summed E-state index contributed by atoms with van der Waals surface area (Å²) in [6.45, 7) is 3.96. The number of carbonyl (C=O) groups is 1. The minimum absolute atomic E-state index is 0. The second-order valence-electron chi connectivity index (χ2n) is 10.1. The van der Waals surface area contributed by atoms with Crippen LogP contribution in [0.2, 0.25) is 0 Å². The van der Waals surface area contributed by atoms with Crippen LogP contribution in [0.5, 0.6) is 11.5 Å². The number of hydrogen-bond donors (Lipinski definition) is 3. The Kier molecular flexibility index (Phi) is 9.10. The zero-order valence-electron chi connectivity index (χ0n) is 23.7. The van der Waals surface area contributed by atoms with Gasteiger partial charge >= 0.3 is 13.7 Å². The summed E-state index contributed by atoms with van der Waals surface area (Å²) in [5.41, 5.74) is 4.10. The van der Waals surface area contributed by atoms with Crippen molar-refractivity contribution in [2.75, 3.05) is 26.6 Å². The van der Waals surface area contributed by atoms with Crippen LogP contribution in [0.25, 0.3) is 11.0 Å². The van der Waals surface area contributed by atoms with E-state index in [1.54, 1.807) is 26.0 Å². The number of nitrogen functional groups attached to an aromatic ring is 1. The maximum absolute atomic E-state index is 16.1. The van der Waals surface area contributed by atoms with Crippen LogP contribution in [-0.4, -0.2) is 70.4 Å². The van der Waals surface area contributed by atoms with Gasteiger partial charge in [0.15, 0.2) is 11.9 Å². The van der Waals surface area contributed by atoms with E-state index in [2.05, 4.69) is 21.0 Å². The molecule has 4 rings (SSSR count). The molecule has 0 saturated carbocycles. The first-order valence-corrected chi connectivity index (χ1v) is 14.4. The average Bonchev–Trinajstić information content (AvgIpc) is 3.45. The summed E-state index contributed by atoms with van der Waals surface area (Å²) >= 11 is 0. The second-order valence-corrected chi connectivity index (χ2v) is 11.8. The van der Waals surface area contributed by atoms with Gasteiger partial charge in [0, 0.05) is 7.62 Å². The Bertz CT molecular complexity index is 1530. The maximum atomic E-state index is 16.1. The minimum Gasteiger partial charge on any atom is -0.497 e. The van der Waals surface area contributed by atoms with Gasteiger partial charge in [0.2, 0.25) is 0 Å². The first-order chi connectivity index (χ1) is 19.8. The molecule has 228 valence electrons. The van der Waals surface area contributed by atoms with E-state index in [4.69, 9.17) is 35.4 Å². The van der Waals surface area contributed by atoms with Gasteiger partial charge in [0.1, 0.15) is 47.5 Å². The monoisotopic (exact) mass is 607 g/mol. The van der Waals surface area contributed by atoms with Crippen LogP contribution >= 0.6 is 7.75 Å². The molecule has 6 atom stereocenters. The van der Waals surface area contributed by atoms with E-state index in [1.165, 1.54) is 43.4 Å². The van der Waals surface area contributed by atoms with E-state index in [0.717, 1.165) is 6.92 Å². The minimum atomic E-state index is -4.38. The number of ether oxygens (including phenoxy) is 3. The topological polar surface area (TPSA) is 169 Å². The molecule has 1 saturated heterocycles. The van der Waals surface area contributed by atoms with Crippen LogP contribution in [0, 0.1) is 18.3 Å². The summed E-state index contributed by atoms with van der Waals surface area (Å²) in [7, 11) is -1.70. The number of halogens is 1. The number of nitrogens with one attached hydrogen (secondary N) is 1. The Balaban J connectivity index is 0.00000506. The van der Waals surface area contributed by atoms with Crippen LogP contribution in [0.3, 0.4) is 0 Å². The SMILES string of the molecule is C#Cc1cn([C@@H]2O[C@H](COP(=O)(NC(C(=O)OC)C(C)C)Oc3ccc(OC)cc3)[C@@H](O)[C@@]2(C)F)c2ncnc(N)c12.[HH]. The molecule has 3 aromatic rings. The molecule has 1 aromatic carbocycles. The first kappa shape index (κ1) is 31.2. The van der Waals surface area contributed by atoms with Gasteiger partial charge in [-0.15, -0.1) is 6.42 Å². The molecule has 1 aliphatic heterocycles. The molecule has 0 aliphatic carbocycles. The third-order valence-electron chi connectivity index (χ3n) is 6.88. The number of rotatable bonds is 11. The van der Waals surface area contributed by atoms with Crippen LogP contribution in [0.4, 0.5) is 10.2 Å². The lowest BCUT2D eigenvalue weighted by atomic mass is 9.98. The number of aliphatic hydroxyl groups is 1. The van der Waals surface area contributed by atoms with Gasteiger partial charge in [-0.3, -0.25) is 9.32 Å². The van der Waals surface area contributed by atoms with E-state index in [9.17, 15) is 14.5 Å². The third kappa shape index (κ3) is 6.06. The molecular formula is C27H35FN5O8P. The fourth-order valence-corrected chi connectivity index (χ4v) is 6.22. The van der Waals surface area contributed by atoms with Crippen molar-refractivity contribution in [3.05, 3.63) is 42.4 Å². The van der Waals surface area contributed by atoms with E-state index in [0.29, 0.717) is 16.7 Å². The van der Waals surface area contributed by atoms with Crippen molar-refractivity contribution in [1.29, 1.82) is 0 Å². The van der Waals surface area contributed by atoms with Crippen LogP contribution in [0.1, 0.15) is 34.0 Å². The van der Waals surface area contributed by atoms with Gasteiger partial charge in [-0.1, -0.05) is 19.8 Å². The molecule has 4 N–H and O–H groups in total. The maximum Gasteiger partial charge on any atom is 0.459 e. The zero-order chi connectivity index (χ0) is 30.8. The van der Waals surface area contributed by atoms with Crippen molar-refractivity contribution in [2.24, 2.45) is 5.92 Å². The quantitative estimate of drug-likeness (QED) is 0.166. The Morgan fingerprint density at radius 3 is 2.60 bits per heavy atom. The molecule has 2 unspecified atom stereocenters. The highest BCUT2D eigenvalue weighted by atomic mass is 31.2. The number of hydrogen-bond acceptors (Lipinski definition) is 11.